The van der Waals surface area contributed by atoms with Gasteiger partial charge in [0, 0.05) is 17.7 Å². The summed E-state index contributed by atoms with van der Waals surface area (Å²) in [5.74, 6) is 0.0593. The Balaban J connectivity index is 1.42. The minimum absolute atomic E-state index is 0.00304. The Hall–Kier alpha value is -4.71. The number of ether oxygens (including phenoxy) is 2. The lowest BCUT2D eigenvalue weighted by Gasteiger charge is -2.11. The monoisotopic (exact) mass is 466 g/mol. The van der Waals surface area contributed by atoms with Gasteiger partial charge in [0.05, 0.1) is 0 Å². The predicted octanol–water partition coefficient (Wildman–Crippen LogP) is 6.03. The molecule has 0 aliphatic rings. The molecule has 4 aromatic carbocycles. The van der Waals surface area contributed by atoms with Crippen molar-refractivity contribution >= 4 is 11.0 Å². The Kier molecular flexibility index (Phi) is 6.09. The SMILES string of the molecule is O=c1c(O)c(-c2ccc(OCc3ccccc3)cc2)oc2cc(OCc3ccccc3)cc(O)c12. The normalized spacial score (nSPS) is 10.9. The zero-order chi connectivity index (χ0) is 24.2. The van der Waals surface area contributed by atoms with Crippen molar-refractivity contribution in [2.45, 2.75) is 13.2 Å². The third kappa shape index (κ3) is 4.82. The third-order valence-corrected chi connectivity index (χ3v) is 5.54. The molecule has 0 bridgehead atoms. The maximum atomic E-state index is 12.8. The minimum atomic E-state index is -0.724. The summed E-state index contributed by atoms with van der Waals surface area (Å²) in [5, 5.41) is 20.9. The molecule has 0 atom stereocenters. The van der Waals surface area contributed by atoms with Crippen LogP contribution in [0.5, 0.6) is 23.0 Å². The average molecular weight is 466 g/mol. The Bertz CT molecular complexity index is 1510. The fourth-order valence-corrected chi connectivity index (χ4v) is 3.73. The molecule has 0 saturated carbocycles. The minimum Gasteiger partial charge on any atom is -0.507 e. The van der Waals surface area contributed by atoms with E-state index < -0.39 is 11.2 Å². The van der Waals surface area contributed by atoms with Crippen LogP contribution in [-0.4, -0.2) is 10.2 Å². The highest BCUT2D eigenvalue weighted by Crippen LogP contribution is 2.36. The fourth-order valence-electron chi connectivity index (χ4n) is 3.73. The van der Waals surface area contributed by atoms with E-state index >= 15 is 0 Å². The van der Waals surface area contributed by atoms with Crippen molar-refractivity contribution in [2.75, 3.05) is 0 Å². The first kappa shape index (κ1) is 22.1. The zero-order valence-corrected chi connectivity index (χ0v) is 18.7. The number of phenolic OH excluding ortho intramolecular Hbond substituents is 1. The third-order valence-electron chi connectivity index (χ3n) is 5.54. The second-order valence-corrected chi connectivity index (χ2v) is 8.00. The molecule has 0 unspecified atom stereocenters. The van der Waals surface area contributed by atoms with E-state index in [1.807, 2.05) is 60.7 Å². The summed E-state index contributed by atoms with van der Waals surface area (Å²) < 4.78 is 17.4. The van der Waals surface area contributed by atoms with Crippen molar-refractivity contribution in [3.63, 3.8) is 0 Å². The molecule has 1 aromatic heterocycles. The quantitative estimate of drug-likeness (QED) is 0.304. The second-order valence-electron chi connectivity index (χ2n) is 8.00. The van der Waals surface area contributed by atoms with Crippen molar-refractivity contribution in [1.82, 2.24) is 0 Å². The van der Waals surface area contributed by atoms with Gasteiger partial charge in [-0.1, -0.05) is 60.7 Å². The smallest absolute Gasteiger partial charge is 0.238 e. The molecule has 0 spiro atoms. The number of rotatable bonds is 7. The first-order valence-corrected chi connectivity index (χ1v) is 11.0. The van der Waals surface area contributed by atoms with E-state index in [1.54, 1.807) is 24.3 Å². The van der Waals surface area contributed by atoms with Crippen molar-refractivity contribution in [3.8, 4) is 34.3 Å². The van der Waals surface area contributed by atoms with E-state index in [9.17, 15) is 15.0 Å². The maximum Gasteiger partial charge on any atom is 0.238 e. The van der Waals surface area contributed by atoms with Gasteiger partial charge in [0.15, 0.2) is 5.76 Å². The van der Waals surface area contributed by atoms with Crippen LogP contribution < -0.4 is 14.9 Å². The van der Waals surface area contributed by atoms with Gasteiger partial charge in [0.25, 0.3) is 0 Å². The van der Waals surface area contributed by atoms with Gasteiger partial charge in [0.1, 0.15) is 41.4 Å². The van der Waals surface area contributed by atoms with Gasteiger partial charge in [0.2, 0.25) is 11.2 Å². The molecule has 0 aliphatic heterocycles. The molecule has 6 heteroatoms. The lowest BCUT2D eigenvalue weighted by molar-refractivity contribution is 0.304. The van der Waals surface area contributed by atoms with Crippen molar-refractivity contribution < 1.29 is 24.1 Å². The van der Waals surface area contributed by atoms with Crippen molar-refractivity contribution in [3.05, 3.63) is 118 Å². The van der Waals surface area contributed by atoms with Gasteiger partial charge in [-0.15, -0.1) is 0 Å². The summed E-state index contributed by atoms with van der Waals surface area (Å²) >= 11 is 0. The van der Waals surface area contributed by atoms with Crippen LogP contribution >= 0.6 is 0 Å². The topological polar surface area (TPSA) is 89.1 Å². The molecule has 0 saturated heterocycles. The highest BCUT2D eigenvalue weighted by atomic mass is 16.5. The van der Waals surface area contributed by atoms with Crippen LogP contribution in [0, 0.1) is 0 Å². The number of benzene rings is 4. The van der Waals surface area contributed by atoms with E-state index in [0.29, 0.717) is 23.7 Å². The van der Waals surface area contributed by atoms with E-state index in [1.165, 1.54) is 12.1 Å². The van der Waals surface area contributed by atoms with Gasteiger partial charge in [-0.25, -0.2) is 0 Å². The van der Waals surface area contributed by atoms with Crippen LogP contribution in [0.15, 0.2) is 106 Å². The molecule has 6 nitrogen and oxygen atoms in total. The molecule has 2 N–H and O–H groups in total. The summed E-state index contributed by atoms with van der Waals surface area (Å²) in [6.07, 6.45) is 0. The van der Waals surface area contributed by atoms with Crippen LogP contribution in [0.3, 0.4) is 0 Å². The standard InChI is InChI=1S/C29H22O6/c30-24-15-23(34-18-20-9-5-2-6-10-20)16-25-26(24)27(31)28(32)29(35-25)21-11-13-22(14-12-21)33-17-19-7-3-1-4-8-19/h1-16,30,32H,17-18H2. The fraction of sp³-hybridized carbons (Fsp3) is 0.0690. The number of hydrogen-bond donors (Lipinski definition) is 2. The van der Waals surface area contributed by atoms with E-state index in [4.69, 9.17) is 13.9 Å². The second kappa shape index (κ2) is 9.65. The molecule has 1 heterocycles. The first-order chi connectivity index (χ1) is 17.1. The molecule has 5 rings (SSSR count). The van der Waals surface area contributed by atoms with Gasteiger partial charge in [-0.3, -0.25) is 4.79 Å². The van der Waals surface area contributed by atoms with Crippen LogP contribution in [-0.2, 0) is 13.2 Å². The van der Waals surface area contributed by atoms with Gasteiger partial charge in [-0.2, -0.15) is 0 Å². The van der Waals surface area contributed by atoms with Gasteiger partial charge < -0.3 is 24.1 Å². The number of phenols is 1. The summed E-state index contributed by atoms with van der Waals surface area (Å²) in [6.45, 7) is 0.701. The Morgan fingerprint density at radius 3 is 1.86 bits per heavy atom. The predicted molar refractivity (Wildman–Crippen MR) is 133 cm³/mol. The van der Waals surface area contributed by atoms with Crippen molar-refractivity contribution in [2.24, 2.45) is 0 Å². The largest absolute Gasteiger partial charge is 0.507 e. The molecule has 0 aliphatic carbocycles. The molecule has 5 aromatic rings. The van der Waals surface area contributed by atoms with Crippen LogP contribution in [0.25, 0.3) is 22.3 Å². The Morgan fingerprint density at radius 2 is 1.26 bits per heavy atom. The number of hydrogen-bond acceptors (Lipinski definition) is 6. The molecule has 0 radical (unpaired) electrons. The molecule has 0 amide bonds. The first-order valence-electron chi connectivity index (χ1n) is 11.0. The Morgan fingerprint density at radius 1 is 0.686 bits per heavy atom. The van der Waals surface area contributed by atoms with Gasteiger partial charge >= 0.3 is 0 Å². The number of fused-ring (bicyclic) bond motifs is 1. The lowest BCUT2D eigenvalue weighted by Crippen LogP contribution is -2.04. The summed E-state index contributed by atoms with van der Waals surface area (Å²) in [4.78, 5) is 12.8. The number of aromatic hydroxyl groups is 2. The molecule has 174 valence electrons. The summed E-state index contributed by atoms with van der Waals surface area (Å²) in [5.41, 5.74) is 1.87. The van der Waals surface area contributed by atoms with E-state index in [2.05, 4.69) is 0 Å². The van der Waals surface area contributed by atoms with E-state index in [-0.39, 0.29) is 29.1 Å². The average Bonchev–Trinajstić information content (AvgIpc) is 2.89. The zero-order valence-electron chi connectivity index (χ0n) is 18.7. The Labute approximate surface area is 201 Å². The van der Waals surface area contributed by atoms with Crippen LogP contribution in [0.4, 0.5) is 0 Å². The van der Waals surface area contributed by atoms with E-state index in [0.717, 1.165) is 11.1 Å². The molecule has 0 fully saturated rings. The maximum absolute atomic E-state index is 12.8. The molecular formula is C29H22O6. The van der Waals surface area contributed by atoms with Crippen molar-refractivity contribution in [1.29, 1.82) is 0 Å². The lowest BCUT2D eigenvalue weighted by atomic mass is 10.1. The van der Waals surface area contributed by atoms with Gasteiger partial charge in [-0.05, 0) is 35.4 Å². The highest BCUT2D eigenvalue weighted by molar-refractivity contribution is 5.88. The van der Waals surface area contributed by atoms with Crippen LogP contribution in [0.2, 0.25) is 0 Å². The molecular weight excluding hydrogens is 444 g/mol. The highest BCUT2D eigenvalue weighted by Gasteiger charge is 2.19. The summed E-state index contributed by atoms with van der Waals surface area (Å²) in [6, 6.07) is 29.1. The van der Waals surface area contributed by atoms with Crippen LogP contribution in [0.1, 0.15) is 11.1 Å². The molecule has 35 heavy (non-hydrogen) atoms. The summed E-state index contributed by atoms with van der Waals surface area (Å²) in [7, 11) is 0.